The van der Waals surface area contributed by atoms with Crippen molar-refractivity contribution in [1.29, 1.82) is 0 Å². The summed E-state index contributed by atoms with van der Waals surface area (Å²) >= 11 is 0. The van der Waals surface area contributed by atoms with E-state index in [1.165, 1.54) is 25.7 Å². The van der Waals surface area contributed by atoms with Crippen LogP contribution in [0.25, 0.3) is 0 Å². The van der Waals surface area contributed by atoms with Gasteiger partial charge in [-0.3, -0.25) is 0 Å². The molecular formula is C8H13O2. The maximum atomic E-state index is 5.41. The maximum Gasteiger partial charge on any atom is 0.221 e. The van der Waals surface area contributed by atoms with E-state index < -0.39 is 0 Å². The van der Waals surface area contributed by atoms with Crippen LogP contribution in [0.3, 0.4) is 0 Å². The van der Waals surface area contributed by atoms with Gasteiger partial charge in [0.25, 0.3) is 0 Å². The van der Waals surface area contributed by atoms with Crippen molar-refractivity contribution in [2.24, 2.45) is 0 Å². The van der Waals surface area contributed by atoms with Crippen LogP contribution in [0.15, 0.2) is 0 Å². The smallest absolute Gasteiger partial charge is 0.221 e. The third-order valence-corrected chi connectivity index (χ3v) is 1.71. The van der Waals surface area contributed by atoms with Crippen LogP contribution in [0, 0.1) is 6.29 Å². The Hall–Kier alpha value is -0.0800. The highest BCUT2D eigenvalue weighted by Crippen LogP contribution is 2.32. The first-order chi connectivity index (χ1) is 4.84. The monoisotopic (exact) mass is 141 g/mol. The molecule has 2 saturated carbocycles. The number of hydrogen-bond donors (Lipinski definition) is 0. The molecule has 0 atom stereocenters. The highest BCUT2D eigenvalue weighted by atomic mass is 16.7. The molecule has 0 aliphatic heterocycles. The van der Waals surface area contributed by atoms with Gasteiger partial charge in [0.15, 0.2) is 0 Å². The fraction of sp³-hybridized carbons (Fsp3) is 0.875. The van der Waals surface area contributed by atoms with Crippen molar-refractivity contribution < 1.29 is 9.47 Å². The zero-order valence-corrected chi connectivity index (χ0v) is 6.30. The molecule has 2 nitrogen and oxygen atoms in total. The third-order valence-electron chi connectivity index (χ3n) is 1.71. The van der Waals surface area contributed by atoms with Gasteiger partial charge in [0.2, 0.25) is 6.29 Å². The highest BCUT2D eigenvalue weighted by molar-refractivity contribution is 4.80. The predicted molar refractivity (Wildman–Crippen MR) is 37.1 cm³/mol. The fourth-order valence-electron chi connectivity index (χ4n) is 0.869. The molecule has 0 amide bonds. The summed E-state index contributed by atoms with van der Waals surface area (Å²) < 4.78 is 10.8. The van der Waals surface area contributed by atoms with Crippen molar-refractivity contribution in [2.75, 3.05) is 0 Å². The lowest BCUT2D eigenvalue weighted by molar-refractivity contribution is -0.0522. The molecule has 2 aliphatic carbocycles. The molecule has 2 aliphatic rings. The Labute approximate surface area is 61.5 Å². The molecule has 0 saturated heterocycles. The van der Waals surface area contributed by atoms with Gasteiger partial charge in [-0.05, 0) is 32.6 Å². The van der Waals surface area contributed by atoms with Crippen LogP contribution in [-0.4, -0.2) is 12.2 Å². The van der Waals surface area contributed by atoms with Crippen molar-refractivity contribution in [1.82, 2.24) is 0 Å². The molecule has 2 heteroatoms. The SMILES string of the molecule is C[C](OC1CC1)OC1CC1. The number of ether oxygens (including phenoxy) is 2. The molecule has 0 aromatic rings. The molecule has 0 heterocycles. The van der Waals surface area contributed by atoms with E-state index in [9.17, 15) is 0 Å². The van der Waals surface area contributed by atoms with E-state index in [0.29, 0.717) is 12.2 Å². The van der Waals surface area contributed by atoms with Gasteiger partial charge in [0.05, 0.1) is 12.2 Å². The van der Waals surface area contributed by atoms with Gasteiger partial charge in [0, 0.05) is 0 Å². The lowest BCUT2D eigenvalue weighted by Crippen LogP contribution is -2.06. The van der Waals surface area contributed by atoms with Crippen molar-refractivity contribution in [3.8, 4) is 0 Å². The largest absolute Gasteiger partial charge is 0.342 e. The van der Waals surface area contributed by atoms with Gasteiger partial charge in [-0.1, -0.05) is 0 Å². The molecule has 0 aromatic heterocycles. The molecule has 10 heavy (non-hydrogen) atoms. The Morgan fingerprint density at radius 3 is 1.70 bits per heavy atom. The van der Waals surface area contributed by atoms with Gasteiger partial charge < -0.3 is 9.47 Å². The second kappa shape index (κ2) is 2.51. The summed E-state index contributed by atoms with van der Waals surface area (Å²) in [7, 11) is 0. The van der Waals surface area contributed by atoms with Gasteiger partial charge in [-0.25, -0.2) is 0 Å². The van der Waals surface area contributed by atoms with Crippen molar-refractivity contribution in [3.05, 3.63) is 6.29 Å². The van der Waals surface area contributed by atoms with Crippen LogP contribution in [0.4, 0.5) is 0 Å². The van der Waals surface area contributed by atoms with Crippen LogP contribution >= 0.6 is 0 Å². The van der Waals surface area contributed by atoms with Gasteiger partial charge >= 0.3 is 0 Å². The van der Waals surface area contributed by atoms with Gasteiger partial charge in [-0.15, -0.1) is 0 Å². The molecule has 0 unspecified atom stereocenters. The molecular weight excluding hydrogens is 128 g/mol. The van der Waals surface area contributed by atoms with E-state index in [2.05, 4.69) is 0 Å². The van der Waals surface area contributed by atoms with E-state index in [1.54, 1.807) is 0 Å². The maximum absolute atomic E-state index is 5.41. The molecule has 57 valence electrons. The molecule has 0 spiro atoms. The topological polar surface area (TPSA) is 18.5 Å². The minimum atomic E-state index is 0.485. The van der Waals surface area contributed by atoms with Crippen molar-refractivity contribution >= 4 is 0 Å². The second-order valence-corrected chi connectivity index (χ2v) is 3.13. The van der Waals surface area contributed by atoms with E-state index in [1.807, 2.05) is 6.92 Å². The molecule has 1 radical (unpaired) electrons. The first-order valence-corrected chi connectivity index (χ1v) is 4.01. The summed E-state index contributed by atoms with van der Waals surface area (Å²) in [5.74, 6) is 0. The van der Waals surface area contributed by atoms with Gasteiger partial charge in [0.1, 0.15) is 0 Å². The quantitative estimate of drug-likeness (QED) is 0.595. The average molecular weight is 141 g/mol. The normalized spacial score (nSPS) is 25.8. The van der Waals surface area contributed by atoms with Crippen LogP contribution < -0.4 is 0 Å². The van der Waals surface area contributed by atoms with Gasteiger partial charge in [-0.2, -0.15) is 0 Å². The summed E-state index contributed by atoms with van der Waals surface area (Å²) in [5, 5.41) is 0. The lowest BCUT2D eigenvalue weighted by Gasteiger charge is -2.09. The van der Waals surface area contributed by atoms with E-state index in [0.717, 1.165) is 6.29 Å². The van der Waals surface area contributed by atoms with Crippen LogP contribution in [0.2, 0.25) is 0 Å². The second-order valence-electron chi connectivity index (χ2n) is 3.13. The summed E-state index contributed by atoms with van der Waals surface area (Å²) in [4.78, 5) is 0. The number of hydrogen-bond acceptors (Lipinski definition) is 2. The third kappa shape index (κ3) is 1.96. The predicted octanol–water partition coefficient (Wildman–Crippen LogP) is 1.85. The molecule has 0 aromatic carbocycles. The van der Waals surface area contributed by atoms with Crippen LogP contribution in [0.5, 0.6) is 0 Å². The Kier molecular flexibility index (Phi) is 1.66. The minimum Gasteiger partial charge on any atom is -0.342 e. The summed E-state index contributed by atoms with van der Waals surface area (Å²) in [6.07, 6.45) is 6.61. The summed E-state index contributed by atoms with van der Waals surface area (Å²) in [5.41, 5.74) is 0. The number of rotatable bonds is 4. The summed E-state index contributed by atoms with van der Waals surface area (Å²) in [6, 6.07) is 0. The Morgan fingerprint density at radius 1 is 1.00 bits per heavy atom. The highest BCUT2D eigenvalue weighted by Gasteiger charge is 2.30. The molecule has 2 fully saturated rings. The first-order valence-electron chi connectivity index (χ1n) is 4.01. The minimum absolute atomic E-state index is 0.485. The van der Waals surface area contributed by atoms with E-state index in [-0.39, 0.29) is 0 Å². The van der Waals surface area contributed by atoms with E-state index in [4.69, 9.17) is 9.47 Å². The molecule has 0 bridgehead atoms. The molecule has 0 N–H and O–H groups in total. The zero-order chi connectivity index (χ0) is 6.97. The first kappa shape index (κ1) is 6.62. The standard InChI is InChI=1S/C8H13O2/c1-6(9-7-2-3-7)10-8-4-5-8/h7-8H,2-5H2,1H3. The van der Waals surface area contributed by atoms with E-state index >= 15 is 0 Å². The van der Waals surface area contributed by atoms with Crippen molar-refractivity contribution in [3.63, 3.8) is 0 Å². The van der Waals surface area contributed by atoms with Crippen LogP contribution in [-0.2, 0) is 9.47 Å². The Bertz CT molecular complexity index is 102. The Balaban J connectivity index is 1.60. The molecule has 2 rings (SSSR count). The Morgan fingerprint density at radius 2 is 1.40 bits per heavy atom. The average Bonchev–Trinajstić information content (AvgIpc) is 2.59. The lowest BCUT2D eigenvalue weighted by atomic mass is 10.7. The fourth-order valence-corrected chi connectivity index (χ4v) is 0.869. The van der Waals surface area contributed by atoms with Crippen LogP contribution in [0.1, 0.15) is 32.6 Å². The van der Waals surface area contributed by atoms with Crippen molar-refractivity contribution in [2.45, 2.75) is 44.8 Å². The zero-order valence-electron chi connectivity index (χ0n) is 6.30. The summed E-state index contributed by atoms with van der Waals surface area (Å²) in [6.45, 7) is 1.91.